The van der Waals surface area contributed by atoms with Crippen LogP contribution in [0.4, 0.5) is 5.95 Å². The lowest BCUT2D eigenvalue weighted by Gasteiger charge is -2.39. The molecule has 2 aliphatic heterocycles. The molecule has 2 saturated heterocycles. The molecule has 4 heterocycles. The number of esters is 1. The molecule has 0 aliphatic carbocycles. The van der Waals surface area contributed by atoms with Gasteiger partial charge in [-0.3, -0.25) is 18.4 Å². The highest BCUT2D eigenvalue weighted by molar-refractivity contribution is 7.51. The summed E-state index contributed by atoms with van der Waals surface area (Å²) in [6, 6.07) is -0.526. The zero-order valence-corrected chi connectivity index (χ0v) is 24.3. The van der Waals surface area contributed by atoms with E-state index in [1.54, 1.807) is 25.3 Å². The fourth-order valence-electron chi connectivity index (χ4n) is 4.25. The summed E-state index contributed by atoms with van der Waals surface area (Å²) in [4.78, 5) is 23.7. The Hall–Kier alpha value is -2.02. The van der Waals surface area contributed by atoms with Crippen LogP contribution >= 0.6 is 19.3 Å². The first-order valence-corrected chi connectivity index (χ1v) is 14.4. The summed E-state index contributed by atoms with van der Waals surface area (Å²) in [7, 11) is -3.87. The SMILES string of the molecule is CCOc1nc(N)nc2c1ncn2[C@@H]1O[C@@H]2COP(=O)(N[C@H](COC(=O)C(C)C)C(C)(C)C)O[C@H]2[C@@]1(C)Cl. The number of nitrogens with two attached hydrogens (primary N) is 1. The highest BCUT2D eigenvalue weighted by Crippen LogP contribution is 2.58. The molecule has 6 atom stereocenters. The van der Waals surface area contributed by atoms with E-state index in [-0.39, 0.29) is 36.9 Å². The number of halogens is 1. The van der Waals surface area contributed by atoms with Crippen molar-refractivity contribution in [3.05, 3.63) is 6.33 Å². The lowest BCUT2D eigenvalue weighted by atomic mass is 9.88. The van der Waals surface area contributed by atoms with Crippen molar-refractivity contribution in [1.82, 2.24) is 24.6 Å². The first kappa shape index (κ1) is 29.0. The third kappa shape index (κ3) is 5.64. The van der Waals surface area contributed by atoms with Crippen LogP contribution in [-0.2, 0) is 27.9 Å². The molecule has 15 heteroatoms. The van der Waals surface area contributed by atoms with Gasteiger partial charge in [-0.15, -0.1) is 11.6 Å². The van der Waals surface area contributed by atoms with Gasteiger partial charge in [-0.1, -0.05) is 34.6 Å². The number of nitrogens with zero attached hydrogens (tertiary/aromatic N) is 4. The summed E-state index contributed by atoms with van der Waals surface area (Å²) in [5.41, 5.74) is 6.24. The van der Waals surface area contributed by atoms with Gasteiger partial charge in [-0.2, -0.15) is 9.97 Å². The van der Waals surface area contributed by atoms with Gasteiger partial charge in [-0.25, -0.2) is 14.6 Å². The molecule has 0 radical (unpaired) electrons. The molecule has 0 bridgehead atoms. The number of alkyl halides is 1. The van der Waals surface area contributed by atoms with E-state index in [0.717, 1.165) is 0 Å². The molecule has 0 saturated carbocycles. The van der Waals surface area contributed by atoms with Gasteiger partial charge in [0.05, 0.1) is 31.5 Å². The normalized spacial score (nSPS) is 30.4. The molecule has 0 amide bonds. The molecular weight excluding hydrogens is 539 g/mol. The van der Waals surface area contributed by atoms with Crippen LogP contribution in [0.5, 0.6) is 5.88 Å². The van der Waals surface area contributed by atoms with Gasteiger partial charge in [0.25, 0.3) is 0 Å². The second kappa shape index (κ2) is 10.5. The number of fused-ring (bicyclic) bond motifs is 2. The van der Waals surface area contributed by atoms with Crippen LogP contribution < -0.4 is 15.6 Å². The molecule has 2 aliphatic rings. The zero-order valence-electron chi connectivity index (χ0n) is 22.6. The first-order chi connectivity index (χ1) is 17.7. The van der Waals surface area contributed by atoms with Crippen molar-refractivity contribution < 1.29 is 32.6 Å². The Kier molecular flexibility index (Phi) is 8.02. The maximum atomic E-state index is 13.8. The average molecular weight is 575 g/mol. The van der Waals surface area contributed by atoms with Gasteiger partial charge in [0, 0.05) is 0 Å². The molecule has 2 fully saturated rings. The van der Waals surface area contributed by atoms with Gasteiger partial charge < -0.3 is 19.9 Å². The number of rotatable bonds is 8. The molecule has 3 N–H and O–H groups in total. The van der Waals surface area contributed by atoms with Crippen molar-refractivity contribution in [3.63, 3.8) is 0 Å². The zero-order chi connectivity index (χ0) is 28.0. The van der Waals surface area contributed by atoms with Gasteiger partial charge in [0.2, 0.25) is 11.8 Å². The smallest absolute Gasteiger partial charge is 0.406 e. The summed E-state index contributed by atoms with van der Waals surface area (Å²) in [6.45, 7) is 13.2. The van der Waals surface area contributed by atoms with Crippen molar-refractivity contribution in [3.8, 4) is 5.88 Å². The molecule has 38 heavy (non-hydrogen) atoms. The van der Waals surface area contributed by atoms with Crippen molar-refractivity contribution in [2.75, 3.05) is 25.6 Å². The van der Waals surface area contributed by atoms with E-state index >= 15 is 0 Å². The monoisotopic (exact) mass is 574 g/mol. The minimum Gasteiger partial charge on any atom is -0.476 e. The van der Waals surface area contributed by atoms with Gasteiger partial charge in [0.1, 0.15) is 23.7 Å². The predicted octanol–water partition coefficient (Wildman–Crippen LogP) is 3.43. The van der Waals surface area contributed by atoms with E-state index in [1.165, 1.54) is 6.33 Å². The van der Waals surface area contributed by atoms with Crippen molar-refractivity contribution in [1.29, 1.82) is 0 Å². The van der Waals surface area contributed by atoms with Crippen LogP contribution in [0.25, 0.3) is 11.2 Å². The molecule has 0 aromatic carbocycles. The van der Waals surface area contributed by atoms with Crippen LogP contribution in [-0.4, -0.2) is 68.4 Å². The Bertz CT molecular complexity index is 1230. The van der Waals surface area contributed by atoms with Crippen LogP contribution in [0.2, 0.25) is 0 Å². The van der Waals surface area contributed by atoms with Crippen LogP contribution in [0.3, 0.4) is 0 Å². The highest BCUT2D eigenvalue weighted by atomic mass is 35.5. The minimum atomic E-state index is -3.87. The number of aromatic nitrogens is 4. The Labute approximate surface area is 226 Å². The Morgan fingerprint density at radius 3 is 2.74 bits per heavy atom. The minimum absolute atomic E-state index is 0.00704. The highest BCUT2D eigenvalue weighted by Gasteiger charge is 2.60. The third-order valence-electron chi connectivity index (χ3n) is 6.51. The van der Waals surface area contributed by atoms with Gasteiger partial charge in [-0.05, 0) is 19.3 Å². The molecule has 2 aromatic heterocycles. The quantitative estimate of drug-likeness (QED) is 0.269. The Morgan fingerprint density at radius 2 is 2.11 bits per heavy atom. The number of carbonyl (C=O) groups is 1. The number of ether oxygens (including phenoxy) is 3. The number of carbonyl (C=O) groups excluding carboxylic acids is 1. The summed E-state index contributed by atoms with van der Waals surface area (Å²) >= 11 is 7.05. The number of imidazole rings is 1. The molecule has 0 spiro atoms. The second-order valence-corrected chi connectivity index (χ2v) is 13.5. The maximum Gasteiger partial charge on any atom is 0.406 e. The van der Waals surface area contributed by atoms with Crippen LogP contribution in [0.15, 0.2) is 6.33 Å². The van der Waals surface area contributed by atoms with E-state index in [1.807, 2.05) is 27.7 Å². The number of nitrogens with one attached hydrogen (secondary N) is 1. The molecule has 4 rings (SSSR count). The molecule has 1 unspecified atom stereocenters. The third-order valence-corrected chi connectivity index (χ3v) is 8.53. The molecule has 212 valence electrons. The van der Waals surface area contributed by atoms with Gasteiger partial charge in [0.15, 0.2) is 17.4 Å². The summed E-state index contributed by atoms with van der Waals surface area (Å²) < 4.78 is 44.3. The molecule has 2 aromatic rings. The van der Waals surface area contributed by atoms with Gasteiger partial charge >= 0.3 is 13.7 Å². The Balaban J connectivity index is 1.57. The predicted molar refractivity (Wildman–Crippen MR) is 140 cm³/mol. The number of anilines is 1. The molecule has 13 nitrogen and oxygen atoms in total. The van der Waals surface area contributed by atoms with Crippen LogP contribution in [0, 0.1) is 11.3 Å². The summed E-state index contributed by atoms with van der Waals surface area (Å²) in [6.07, 6.45) is -0.737. The average Bonchev–Trinajstić information content (AvgIpc) is 3.33. The van der Waals surface area contributed by atoms with Crippen LogP contribution in [0.1, 0.15) is 54.7 Å². The van der Waals surface area contributed by atoms with Crippen molar-refractivity contribution >= 4 is 42.4 Å². The van der Waals surface area contributed by atoms with E-state index in [9.17, 15) is 9.36 Å². The summed E-state index contributed by atoms with van der Waals surface area (Å²) in [5.74, 6) is -0.382. The standard InChI is InChI=1S/C23H36ClN6O7P/c1-8-33-18-15-17(27-21(25)28-18)30(11-26-15)20-23(7,24)16-13(36-20)9-35-38(32,37-16)29-14(22(4,5)6)10-34-19(31)12(2)3/h11-14,16,20H,8-10H2,1-7H3,(H,29,32)(H2,25,27,28)/t13-,14-,16-,20-,23-,38?/m1/s1. The van der Waals surface area contributed by atoms with Crippen molar-refractivity contribution in [2.24, 2.45) is 11.3 Å². The number of hydrogen-bond donors (Lipinski definition) is 2. The topological polar surface area (TPSA) is 162 Å². The fourth-order valence-corrected chi connectivity index (χ4v) is 6.69. The van der Waals surface area contributed by atoms with E-state index in [0.29, 0.717) is 17.8 Å². The maximum absolute atomic E-state index is 13.8. The summed E-state index contributed by atoms with van der Waals surface area (Å²) in [5, 5.41) is 2.97. The van der Waals surface area contributed by atoms with E-state index in [4.69, 9.17) is 40.6 Å². The first-order valence-electron chi connectivity index (χ1n) is 12.5. The largest absolute Gasteiger partial charge is 0.476 e. The van der Waals surface area contributed by atoms with E-state index in [2.05, 4.69) is 20.0 Å². The lowest BCUT2D eigenvalue weighted by Crippen LogP contribution is -2.49. The second-order valence-electron chi connectivity index (χ2n) is 11.0. The Morgan fingerprint density at radius 1 is 1.39 bits per heavy atom. The molecular formula is C23H36ClN6O7P. The number of hydrogen-bond acceptors (Lipinski definition) is 11. The van der Waals surface area contributed by atoms with E-state index < -0.39 is 42.5 Å². The number of nitrogen functional groups attached to an aromatic ring is 1. The lowest BCUT2D eigenvalue weighted by molar-refractivity contribution is -0.148. The van der Waals surface area contributed by atoms with Crippen molar-refractivity contribution in [2.45, 2.75) is 77.8 Å². The fraction of sp³-hybridized carbons (Fsp3) is 0.739.